The second-order valence-corrected chi connectivity index (χ2v) is 10.4. The molecule has 220 valence electrons. The molecule has 1 unspecified atom stereocenters. The number of amides is 2. The zero-order chi connectivity index (χ0) is 30.5. The van der Waals surface area contributed by atoms with Crippen molar-refractivity contribution in [1.82, 2.24) is 20.1 Å². The van der Waals surface area contributed by atoms with E-state index >= 15 is 0 Å². The van der Waals surface area contributed by atoms with Crippen molar-refractivity contribution in [3.8, 4) is 11.4 Å². The Morgan fingerprint density at radius 3 is 2.47 bits per heavy atom. The molecule has 13 heteroatoms. The van der Waals surface area contributed by atoms with Gasteiger partial charge in [0.1, 0.15) is 11.6 Å². The number of anilines is 1. The summed E-state index contributed by atoms with van der Waals surface area (Å²) in [5.41, 5.74) is 3.87. The van der Waals surface area contributed by atoms with Crippen LogP contribution in [0.15, 0.2) is 71.7 Å². The number of nitrogens with one attached hydrogen (secondary N) is 2. The molecule has 1 aliphatic rings. The third-order valence-corrected chi connectivity index (χ3v) is 7.11. The van der Waals surface area contributed by atoms with Crippen molar-refractivity contribution in [2.24, 2.45) is 4.99 Å². The monoisotopic (exact) mass is 600 g/mol. The van der Waals surface area contributed by atoms with Crippen LogP contribution in [0.3, 0.4) is 0 Å². The maximum atomic E-state index is 12.4. The van der Waals surface area contributed by atoms with Gasteiger partial charge in [-0.05, 0) is 61.3 Å². The fourth-order valence-corrected chi connectivity index (χ4v) is 4.80. The van der Waals surface area contributed by atoms with Gasteiger partial charge in [-0.25, -0.2) is 0 Å². The van der Waals surface area contributed by atoms with Crippen LogP contribution >= 0.6 is 11.6 Å². The van der Waals surface area contributed by atoms with Gasteiger partial charge < -0.3 is 25.4 Å². The molecule has 0 fully saturated rings. The Bertz CT molecular complexity index is 1660. The average molecular weight is 601 g/mol. The van der Waals surface area contributed by atoms with Crippen LogP contribution in [0.25, 0.3) is 5.69 Å². The molecule has 0 bridgehead atoms. The second-order valence-electron chi connectivity index (χ2n) is 9.92. The third-order valence-electron chi connectivity index (χ3n) is 6.86. The van der Waals surface area contributed by atoms with E-state index in [9.17, 15) is 19.6 Å². The predicted octanol–water partition coefficient (Wildman–Crippen LogP) is 3.08. The summed E-state index contributed by atoms with van der Waals surface area (Å²) in [7, 11) is -1.56. The van der Waals surface area contributed by atoms with Crippen molar-refractivity contribution >= 4 is 47.4 Å². The summed E-state index contributed by atoms with van der Waals surface area (Å²) in [6.07, 6.45) is 0.223. The van der Waals surface area contributed by atoms with Gasteiger partial charge in [-0.15, -0.1) is 10.2 Å². The highest BCUT2D eigenvalue weighted by Gasteiger charge is 2.29. The van der Waals surface area contributed by atoms with E-state index in [0.717, 1.165) is 16.8 Å². The third kappa shape index (κ3) is 6.94. The number of hydrogen-bond donors (Lipinski definition) is 4. The Morgan fingerprint density at radius 2 is 1.77 bits per heavy atom. The van der Waals surface area contributed by atoms with Gasteiger partial charge in [-0.1, -0.05) is 42.8 Å². The van der Waals surface area contributed by atoms with Crippen LogP contribution in [0.2, 0.25) is 5.02 Å². The molecule has 4 aromatic rings. The topological polar surface area (TPSA) is 151 Å². The average Bonchev–Trinajstić information content (AvgIpc) is 3.32. The number of fused-ring (bicyclic) bond motifs is 3. The molecule has 4 N–H and O–H groups in total. The molecule has 1 aliphatic heterocycles. The van der Waals surface area contributed by atoms with Crippen LogP contribution in [0.1, 0.15) is 55.1 Å². The van der Waals surface area contributed by atoms with Gasteiger partial charge in [-0.2, -0.15) is 0 Å². The minimum Gasteiger partial charge on any atom is -0.494 e. The Morgan fingerprint density at radius 1 is 1.02 bits per heavy atom. The lowest BCUT2D eigenvalue weighted by molar-refractivity contribution is -0.121. The van der Waals surface area contributed by atoms with Crippen molar-refractivity contribution in [2.45, 2.75) is 39.3 Å². The molecule has 0 aliphatic carbocycles. The molecular formula is C30H30BClN6O5. The van der Waals surface area contributed by atoms with Crippen molar-refractivity contribution in [2.75, 3.05) is 11.9 Å². The summed E-state index contributed by atoms with van der Waals surface area (Å²) in [5, 5.41) is 33.4. The molecule has 1 atom stereocenters. The highest BCUT2D eigenvalue weighted by Crippen LogP contribution is 2.32. The maximum absolute atomic E-state index is 12.4. The van der Waals surface area contributed by atoms with Crippen LogP contribution in [0.4, 0.5) is 5.69 Å². The van der Waals surface area contributed by atoms with E-state index in [-0.39, 0.29) is 18.2 Å². The Balaban J connectivity index is 1.36. The molecule has 0 saturated heterocycles. The van der Waals surface area contributed by atoms with Gasteiger partial charge in [0, 0.05) is 34.7 Å². The molecule has 3 aromatic carbocycles. The van der Waals surface area contributed by atoms with E-state index in [1.54, 1.807) is 31.2 Å². The molecule has 2 heterocycles. The summed E-state index contributed by atoms with van der Waals surface area (Å²) in [6, 6.07) is 19.2. The Hall–Kier alpha value is -4.52. The SMILES string of the molecule is CCC(=O)NC1N=C(c2ccc(Cl)cc2)c2cc(OCCCC(=O)Nc3ccc(B(O)O)cc3)ccc2-n2c(C)nnc21. The number of rotatable bonds is 10. The summed E-state index contributed by atoms with van der Waals surface area (Å²) < 4.78 is 7.92. The summed E-state index contributed by atoms with van der Waals surface area (Å²) >= 11 is 6.17. The highest BCUT2D eigenvalue weighted by molar-refractivity contribution is 6.58. The first-order chi connectivity index (χ1) is 20.7. The standard InChI is InChI=1S/C30H30BClN6O5/c1-3-26(39)34-29-30-37-36-18(2)38(30)25-15-14-23(17-24(25)28(35-29)19-6-10-21(32)11-7-19)43-16-4-5-27(40)33-22-12-8-20(9-13-22)31(41)42/h6-15,17,29,41-42H,3-5,16H2,1-2H3,(H,33,40)(H,34,39). The lowest BCUT2D eigenvalue weighted by atomic mass is 9.80. The van der Waals surface area contributed by atoms with Crippen LogP contribution in [0, 0.1) is 6.92 Å². The minimum atomic E-state index is -1.56. The van der Waals surface area contributed by atoms with Gasteiger partial charge in [0.05, 0.1) is 18.0 Å². The second kappa shape index (κ2) is 13.2. The van der Waals surface area contributed by atoms with Gasteiger partial charge >= 0.3 is 7.12 Å². The number of nitrogens with zero attached hydrogens (tertiary/aromatic N) is 4. The van der Waals surface area contributed by atoms with Crippen molar-refractivity contribution < 1.29 is 24.4 Å². The number of halogens is 1. The van der Waals surface area contributed by atoms with Gasteiger partial charge in [-0.3, -0.25) is 19.1 Å². The summed E-state index contributed by atoms with van der Waals surface area (Å²) in [4.78, 5) is 29.8. The molecular weight excluding hydrogens is 571 g/mol. The lowest BCUT2D eigenvalue weighted by Crippen LogP contribution is -2.29. The normalized spacial score (nSPS) is 13.7. The van der Waals surface area contributed by atoms with Crippen LogP contribution in [-0.4, -0.2) is 56.1 Å². The van der Waals surface area contributed by atoms with Gasteiger partial charge in [0.15, 0.2) is 12.0 Å². The highest BCUT2D eigenvalue weighted by atomic mass is 35.5. The number of carbonyl (C=O) groups is 2. The van der Waals surface area contributed by atoms with E-state index < -0.39 is 13.3 Å². The molecule has 2 amide bonds. The molecule has 0 spiro atoms. The molecule has 11 nitrogen and oxygen atoms in total. The number of aliphatic imine (C=N–C) groups is 1. The molecule has 5 rings (SSSR count). The zero-order valence-corrected chi connectivity index (χ0v) is 24.4. The summed E-state index contributed by atoms with van der Waals surface area (Å²) in [6.45, 7) is 3.91. The van der Waals surface area contributed by atoms with Crippen LogP contribution < -0.4 is 20.8 Å². The van der Waals surface area contributed by atoms with Gasteiger partial charge in [0.25, 0.3) is 0 Å². The van der Waals surface area contributed by atoms with E-state index in [2.05, 4.69) is 20.8 Å². The van der Waals surface area contributed by atoms with E-state index in [4.69, 9.17) is 21.3 Å². The first-order valence-electron chi connectivity index (χ1n) is 13.8. The molecule has 0 saturated carbocycles. The molecule has 1 aromatic heterocycles. The smallest absolute Gasteiger partial charge is 0.488 e. The quantitative estimate of drug-likeness (QED) is 0.161. The number of hydrogen-bond acceptors (Lipinski definition) is 8. The van der Waals surface area contributed by atoms with Gasteiger partial charge in [0.2, 0.25) is 11.8 Å². The van der Waals surface area contributed by atoms with Crippen molar-refractivity contribution in [3.63, 3.8) is 0 Å². The first kappa shape index (κ1) is 30.0. The predicted molar refractivity (Wildman–Crippen MR) is 164 cm³/mol. The Kier molecular flexibility index (Phi) is 9.20. The Labute approximate surface area is 253 Å². The van der Waals surface area contributed by atoms with E-state index in [0.29, 0.717) is 58.7 Å². The molecule has 43 heavy (non-hydrogen) atoms. The zero-order valence-electron chi connectivity index (χ0n) is 23.6. The summed E-state index contributed by atoms with van der Waals surface area (Å²) in [5.74, 6) is 1.36. The number of carbonyl (C=O) groups excluding carboxylic acids is 2. The number of benzene rings is 3. The fourth-order valence-electron chi connectivity index (χ4n) is 4.67. The number of ether oxygens (including phenoxy) is 1. The first-order valence-corrected chi connectivity index (χ1v) is 14.2. The van der Waals surface area contributed by atoms with Crippen LogP contribution in [0.5, 0.6) is 5.75 Å². The fraction of sp³-hybridized carbons (Fsp3) is 0.233. The van der Waals surface area contributed by atoms with E-state index in [1.807, 2.05) is 41.8 Å². The maximum Gasteiger partial charge on any atom is 0.488 e. The number of aryl methyl sites for hydroxylation is 1. The largest absolute Gasteiger partial charge is 0.494 e. The minimum absolute atomic E-state index is 0.170. The van der Waals surface area contributed by atoms with E-state index in [1.165, 1.54) is 12.1 Å². The van der Waals surface area contributed by atoms with Crippen molar-refractivity contribution in [3.05, 3.63) is 94.5 Å². The number of aromatic nitrogens is 3. The molecule has 0 radical (unpaired) electrons. The van der Waals surface area contributed by atoms with Crippen molar-refractivity contribution in [1.29, 1.82) is 0 Å². The lowest BCUT2D eigenvalue weighted by Gasteiger charge is -2.15. The van der Waals surface area contributed by atoms with Crippen LogP contribution in [-0.2, 0) is 9.59 Å².